The van der Waals surface area contributed by atoms with Crippen molar-refractivity contribution in [1.29, 1.82) is 0 Å². The quantitative estimate of drug-likeness (QED) is 0.932. The molecular formula is C14H15ClFN3. The summed E-state index contributed by atoms with van der Waals surface area (Å²) in [4.78, 5) is 9.68. The number of nitrogens with one attached hydrogen (secondary N) is 1. The summed E-state index contributed by atoms with van der Waals surface area (Å²) in [6.07, 6.45) is 5.71. The molecule has 3 nitrogen and oxygen atoms in total. The van der Waals surface area contributed by atoms with Crippen molar-refractivity contribution >= 4 is 11.6 Å². The average Bonchev–Trinajstić information content (AvgIpc) is 3.04. The molecule has 1 aromatic heterocycles. The molecule has 0 saturated carbocycles. The number of halogens is 2. The Balaban J connectivity index is 1.83. The molecule has 1 saturated heterocycles. The molecule has 0 spiro atoms. The Labute approximate surface area is 116 Å². The third-order valence-electron chi connectivity index (χ3n) is 3.62. The van der Waals surface area contributed by atoms with Crippen molar-refractivity contribution in [2.75, 3.05) is 6.54 Å². The number of hydrogen-bond acceptors (Lipinski definition) is 2. The molecule has 2 heterocycles. The van der Waals surface area contributed by atoms with Crippen LogP contribution >= 0.6 is 11.6 Å². The maximum absolute atomic E-state index is 13.8. The number of aromatic amines is 1. The van der Waals surface area contributed by atoms with Crippen molar-refractivity contribution in [3.05, 3.63) is 52.8 Å². The van der Waals surface area contributed by atoms with Gasteiger partial charge in [-0.3, -0.25) is 4.90 Å². The van der Waals surface area contributed by atoms with Gasteiger partial charge in [0.15, 0.2) is 0 Å². The first-order valence-corrected chi connectivity index (χ1v) is 6.79. The summed E-state index contributed by atoms with van der Waals surface area (Å²) in [7, 11) is 0. The van der Waals surface area contributed by atoms with Crippen LogP contribution in [-0.2, 0) is 6.54 Å². The summed E-state index contributed by atoms with van der Waals surface area (Å²) in [5.41, 5.74) is 0.572. The molecule has 1 aliphatic heterocycles. The Hall–Kier alpha value is -1.39. The minimum atomic E-state index is -0.238. The van der Waals surface area contributed by atoms with Gasteiger partial charge in [-0.2, -0.15) is 0 Å². The zero-order valence-corrected chi connectivity index (χ0v) is 11.2. The monoisotopic (exact) mass is 279 g/mol. The Kier molecular flexibility index (Phi) is 3.53. The lowest BCUT2D eigenvalue weighted by Crippen LogP contribution is -2.24. The lowest BCUT2D eigenvalue weighted by Gasteiger charge is -2.23. The molecule has 3 rings (SSSR count). The number of benzene rings is 1. The first kappa shape index (κ1) is 12.6. The van der Waals surface area contributed by atoms with Crippen LogP contribution in [0.3, 0.4) is 0 Å². The van der Waals surface area contributed by atoms with Crippen LogP contribution in [0.5, 0.6) is 0 Å². The first-order valence-electron chi connectivity index (χ1n) is 6.42. The van der Waals surface area contributed by atoms with E-state index in [-0.39, 0.29) is 11.9 Å². The normalized spacial score (nSPS) is 20.0. The molecule has 0 bridgehead atoms. The highest BCUT2D eigenvalue weighted by atomic mass is 35.5. The predicted octanol–water partition coefficient (Wildman–Crippen LogP) is 3.54. The van der Waals surface area contributed by atoms with Crippen LogP contribution in [0, 0.1) is 5.82 Å². The molecule has 5 heteroatoms. The smallest absolute Gasteiger partial charge is 0.129 e. The second kappa shape index (κ2) is 5.31. The minimum Gasteiger partial charge on any atom is -0.347 e. The third kappa shape index (κ3) is 2.51. The van der Waals surface area contributed by atoms with Gasteiger partial charge in [-0.25, -0.2) is 9.37 Å². The number of imidazole rings is 1. The van der Waals surface area contributed by atoms with Gasteiger partial charge in [0.25, 0.3) is 0 Å². The van der Waals surface area contributed by atoms with Gasteiger partial charge >= 0.3 is 0 Å². The van der Waals surface area contributed by atoms with Gasteiger partial charge in [-0.05, 0) is 31.5 Å². The van der Waals surface area contributed by atoms with E-state index in [1.807, 2.05) is 6.20 Å². The highest BCUT2D eigenvalue weighted by Crippen LogP contribution is 2.32. The standard InChI is InChI=1S/C14H15ClFN3/c15-11-3-1-4-12(16)10(11)9-19-8-2-5-13(19)14-17-6-7-18-14/h1,3-4,6-7,13H,2,5,8-9H2,(H,17,18). The number of aromatic nitrogens is 2. The molecule has 1 unspecified atom stereocenters. The van der Waals surface area contributed by atoms with E-state index in [0.29, 0.717) is 17.1 Å². The van der Waals surface area contributed by atoms with Gasteiger partial charge in [0, 0.05) is 29.5 Å². The molecule has 0 amide bonds. The SMILES string of the molecule is Fc1cccc(Cl)c1CN1CCCC1c1ncc[nH]1. The lowest BCUT2D eigenvalue weighted by atomic mass is 10.1. The van der Waals surface area contributed by atoms with E-state index < -0.39 is 0 Å². The van der Waals surface area contributed by atoms with E-state index in [4.69, 9.17) is 11.6 Å². The molecule has 19 heavy (non-hydrogen) atoms. The Morgan fingerprint density at radius 2 is 2.37 bits per heavy atom. The van der Waals surface area contributed by atoms with Crippen molar-refractivity contribution in [3.8, 4) is 0 Å². The molecule has 1 atom stereocenters. The average molecular weight is 280 g/mol. The fraction of sp³-hybridized carbons (Fsp3) is 0.357. The number of hydrogen-bond donors (Lipinski definition) is 1. The second-order valence-corrected chi connectivity index (χ2v) is 5.21. The van der Waals surface area contributed by atoms with Crippen LogP contribution in [0.25, 0.3) is 0 Å². The van der Waals surface area contributed by atoms with Gasteiger partial charge in [0.05, 0.1) is 6.04 Å². The van der Waals surface area contributed by atoms with Crippen LogP contribution in [-0.4, -0.2) is 21.4 Å². The highest BCUT2D eigenvalue weighted by Gasteiger charge is 2.28. The van der Waals surface area contributed by atoms with Crippen LogP contribution in [0.4, 0.5) is 4.39 Å². The third-order valence-corrected chi connectivity index (χ3v) is 3.98. The van der Waals surface area contributed by atoms with E-state index in [9.17, 15) is 4.39 Å². The molecule has 100 valence electrons. The van der Waals surface area contributed by atoms with Gasteiger partial charge in [0.1, 0.15) is 11.6 Å². The largest absolute Gasteiger partial charge is 0.347 e. The zero-order chi connectivity index (χ0) is 13.2. The van der Waals surface area contributed by atoms with Crippen molar-refractivity contribution in [1.82, 2.24) is 14.9 Å². The van der Waals surface area contributed by atoms with Crippen LogP contribution in [0.1, 0.15) is 30.3 Å². The molecule has 1 aliphatic rings. The molecule has 0 radical (unpaired) electrons. The maximum Gasteiger partial charge on any atom is 0.129 e. The lowest BCUT2D eigenvalue weighted by molar-refractivity contribution is 0.237. The van der Waals surface area contributed by atoms with E-state index in [1.165, 1.54) is 6.07 Å². The van der Waals surface area contributed by atoms with Gasteiger partial charge in [-0.15, -0.1) is 0 Å². The van der Waals surface area contributed by atoms with E-state index >= 15 is 0 Å². The fourth-order valence-corrected chi connectivity index (χ4v) is 2.89. The summed E-state index contributed by atoms with van der Waals surface area (Å²) in [5, 5.41) is 0.491. The molecule has 1 N–H and O–H groups in total. The van der Waals surface area contributed by atoms with E-state index in [1.54, 1.807) is 18.3 Å². The number of likely N-dealkylation sites (tertiary alicyclic amines) is 1. The molecular weight excluding hydrogens is 265 g/mol. The summed E-state index contributed by atoms with van der Waals surface area (Å²) < 4.78 is 13.8. The van der Waals surface area contributed by atoms with Gasteiger partial charge in [0.2, 0.25) is 0 Å². The highest BCUT2D eigenvalue weighted by molar-refractivity contribution is 6.31. The second-order valence-electron chi connectivity index (χ2n) is 4.80. The summed E-state index contributed by atoms with van der Waals surface area (Å²) in [5.74, 6) is 0.711. The Bertz CT molecular complexity index is 536. The maximum atomic E-state index is 13.8. The van der Waals surface area contributed by atoms with Gasteiger partial charge < -0.3 is 4.98 Å². The van der Waals surface area contributed by atoms with Crippen molar-refractivity contribution in [2.45, 2.75) is 25.4 Å². The Morgan fingerprint density at radius 3 is 3.11 bits per heavy atom. The molecule has 1 aromatic carbocycles. The van der Waals surface area contributed by atoms with E-state index in [2.05, 4.69) is 14.9 Å². The van der Waals surface area contributed by atoms with Crippen molar-refractivity contribution in [2.24, 2.45) is 0 Å². The summed E-state index contributed by atoms with van der Waals surface area (Å²) in [6, 6.07) is 5.05. The number of H-pyrrole nitrogens is 1. The number of rotatable bonds is 3. The first-order chi connectivity index (χ1) is 9.25. The minimum absolute atomic E-state index is 0.227. The summed E-state index contributed by atoms with van der Waals surface area (Å²) >= 11 is 6.09. The molecule has 1 fully saturated rings. The molecule has 2 aromatic rings. The number of nitrogens with zero attached hydrogens (tertiary/aromatic N) is 2. The Morgan fingerprint density at radius 1 is 1.47 bits per heavy atom. The van der Waals surface area contributed by atoms with E-state index in [0.717, 1.165) is 25.2 Å². The molecule has 0 aliphatic carbocycles. The van der Waals surface area contributed by atoms with Crippen LogP contribution < -0.4 is 0 Å². The zero-order valence-electron chi connectivity index (χ0n) is 10.4. The van der Waals surface area contributed by atoms with Crippen molar-refractivity contribution < 1.29 is 4.39 Å². The van der Waals surface area contributed by atoms with Crippen LogP contribution in [0.15, 0.2) is 30.6 Å². The predicted molar refractivity (Wildman–Crippen MR) is 72.4 cm³/mol. The van der Waals surface area contributed by atoms with Crippen LogP contribution in [0.2, 0.25) is 5.02 Å². The fourth-order valence-electron chi connectivity index (χ4n) is 2.67. The summed E-state index contributed by atoms with van der Waals surface area (Å²) in [6.45, 7) is 1.47. The van der Waals surface area contributed by atoms with Crippen molar-refractivity contribution in [3.63, 3.8) is 0 Å². The topological polar surface area (TPSA) is 31.9 Å². The van der Waals surface area contributed by atoms with Gasteiger partial charge in [-0.1, -0.05) is 17.7 Å².